The number of benzene rings is 1. The van der Waals surface area contributed by atoms with Crippen molar-refractivity contribution in [1.29, 1.82) is 0 Å². The van der Waals surface area contributed by atoms with Crippen LogP contribution in [0, 0.1) is 5.92 Å². The maximum atomic E-state index is 13.0. The fourth-order valence-corrected chi connectivity index (χ4v) is 3.89. The number of nitrogens with one attached hydrogen (secondary N) is 1. The number of ether oxygens (including phenoxy) is 1. The van der Waals surface area contributed by atoms with Crippen LogP contribution in [0.1, 0.15) is 45.2 Å². The number of carboxylic acid groups (broad SMARTS) is 2. The van der Waals surface area contributed by atoms with Crippen LogP contribution >= 0.6 is 0 Å². The van der Waals surface area contributed by atoms with Crippen molar-refractivity contribution < 1.29 is 29.3 Å². The van der Waals surface area contributed by atoms with Crippen molar-refractivity contribution in [2.75, 3.05) is 14.2 Å². The Bertz CT molecular complexity index is 760. The zero-order valence-electron chi connectivity index (χ0n) is 16.9. The van der Waals surface area contributed by atoms with Crippen molar-refractivity contribution >= 4 is 17.8 Å². The molecule has 0 radical (unpaired) electrons. The third-order valence-electron chi connectivity index (χ3n) is 5.78. The van der Waals surface area contributed by atoms with Gasteiger partial charge in [-0.3, -0.25) is 14.5 Å². The molecule has 0 spiro atoms. The van der Waals surface area contributed by atoms with Crippen molar-refractivity contribution in [2.45, 2.75) is 50.7 Å². The average molecular weight is 392 g/mol. The highest BCUT2D eigenvalue weighted by molar-refractivity contribution is 5.89. The number of hydrogen-bond donors (Lipinski definition) is 3. The fourth-order valence-electron chi connectivity index (χ4n) is 3.89. The van der Waals surface area contributed by atoms with Crippen LogP contribution < -0.4 is 10.1 Å². The van der Waals surface area contributed by atoms with Crippen LogP contribution in [0.25, 0.3) is 0 Å². The summed E-state index contributed by atoms with van der Waals surface area (Å²) in [6.07, 6.45) is 0.408. The second kappa shape index (κ2) is 7.79. The highest BCUT2D eigenvalue weighted by Crippen LogP contribution is 2.48. The topological polar surface area (TPSA) is 116 Å². The zero-order valence-corrected chi connectivity index (χ0v) is 16.9. The molecule has 0 unspecified atom stereocenters. The Morgan fingerprint density at radius 1 is 1.25 bits per heavy atom. The molecule has 8 heteroatoms. The molecule has 3 N–H and O–H groups in total. The predicted molar refractivity (Wildman–Crippen MR) is 102 cm³/mol. The van der Waals surface area contributed by atoms with Crippen LogP contribution in [0.5, 0.6) is 5.75 Å². The van der Waals surface area contributed by atoms with Crippen LogP contribution in [0.15, 0.2) is 24.3 Å². The van der Waals surface area contributed by atoms with Gasteiger partial charge in [0, 0.05) is 6.04 Å². The molecule has 1 amide bonds. The van der Waals surface area contributed by atoms with Gasteiger partial charge in [0.1, 0.15) is 16.8 Å². The van der Waals surface area contributed by atoms with Crippen LogP contribution in [-0.2, 0) is 14.4 Å². The highest BCUT2D eigenvalue weighted by atomic mass is 16.5. The Kier molecular flexibility index (Phi) is 6.03. The van der Waals surface area contributed by atoms with E-state index in [9.17, 15) is 24.6 Å². The molecule has 1 aromatic rings. The Labute approximate surface area is 164 Å². The van der Waals surface area contributed by atoms with E-state index in [1.807, 2.05) is 0 Å². The third kappa shape index (κ3) is 3.69. The normalized spacial score (nSPS) is 25.3. The summed E-state index contributed by atoms with van der Waals surface area (Å²) < 4.78 is 5.17. The maximum Gasteiger partial charge on any atom is 0.328 e. The lowest BCUT2D eigenvalue weighted by atomic mass is 9.86. The number of hydrogen-bond acceptors (Lipinski definition) is 5. The summed E-state index contributed by atoms with van der Waals surface area (Å²) in [5.74, 6) is -2.70. The van der Waals surface area contributed by atoms with E-state index in [-0.39, 0.29) is 6.42 Å². The summed E-state index contributed by atoms with van der Waals surface area (Å²) in [6, 6.07) is 6.61. The van der Waals surface area contributed by atoms with E-state index in [1.54, 1.807) is 50.2 Å². The van der Waals surface area contributed by atoms with Gasteiger partial charge in [-0.1, -0.05) is 19.1 Å². The Hall–Kier alpha value is -2.61. The minimum absolute atomic E-state index is 0.0908. The SMILES string of the molecule is CC[C@@]1(C(=O)O)C[C@H](C(=O)NC(C)(C)C(=O)O)[C@H](c2ccc(OC)cc2)N1C. The summed E-state index contributed by atoms with van der Waals surface area (Å²) in [4.78, 5) is 38.3. The number of rotatable bonds is 7. The van der Waals surface area contributed by atoms with Crippen molar-refractivity contribution in [1.82, 2.24) is 10.2 Å². The first-order valence-corrected chi connectivity index (χ1v) is 9.16. The van der Waals surface area contributed by atoms with E-state index >= 15 is 0 Å². The number of methoxy groups -OCH3 is 1. The molecule has 8 nitrogen and oxygen atoms in total. The summed E-state index contributed by atoms with van der Waals surface area (Å²) >= 11 is 0. The molecule has 1 aliphatic rings. The van der Waals surface area contributed by atoms with Gasteiger partial charge >= 0.3 is 11.9 Å². The molecule has 28 heavy (non-hydrogen) atoms. The molecule has 1 aromatic carbocycles. The summed E-state index contributed by atoms with van der Waals surface area (Å²) in [7, 11) is 3.25. The number of carboxylic acids is 2. The zero-order chi connectivity index (χ0) is 21.3. The largest absolute Gasteiger partial charge is 0.497 e. The quantitative estimate of drug-likeness (QED) is 0.649. The molecule has 0 aliphatic carbocycles. The van der Waals surface area contributed by atoms with Crippen LogP contribution in [0.3, 0.4) is 0 Å². The monoisotopic (exact) mass is 392 g/mol. The Balaban J connectivity index is 2.47. The minimum atomic E-state index is -1.46. The Morgan fingerprint density at radius 3 is 2.25 bits per heavy atom. The minimum Gasteiger partial charge on any atom is -0.497 e. The van der Waals surface area contributed by atoms with Gasteiger partial charge < -0.3 is 20.3 Å². The van der Waals surface area contributed by atoms with Gasteiger partial charge in [0.05, 0.1) is 13.0 Å². The molecule has 3 atom stereocenters. The number of likely N-dealkylation sites (tertiary alicyclic amines) is 1. The first-order chi connectivity index (χ1) is 13.0. The third-order valence-corrected chi connectivity index (χ3v) is 5.78. The van der Waals surface area contributed by atoms with Crippen LogP contribution in [-0.4, -0.2) is 58.2 Å². The second-order valence-corrected chi connectivity index (χ2v) is 7.75. The van der Waals surface area contributed by atoms with Gasteiger partial charge in [0.15, 0.2) is 0 Å². The standard InChI is InChI=1S/C20H28N2O6/c1-6-20(18(26)27)11-14(16(23)21-19(2,3)17(24)25)15(22(20)4)12-7-9-13(28-5)10-8-12/h7-10,14-15H,6,11H2,1-5H3,(H,21,23)(H,24,25)(H,26,27)/t14-,15-,20-/m0/s1. The van der Waals surface area contributed by atoms with E-state index in [4.69, 9.17) is 4.74 Å². The van der Waals surface area contributed by atoms with Crippen LogP contribution in [0.4, 0.5) is 0 Å². The van der Waals surface area contributed by atoms with E-state index in [2.05, 4.69) is 5.32 Å². The van der Waals surface area contributed by atoms with E-state index in [0.717, 1.165) is 5.56 Å². The van der Waals surface area contributed by atoms with Crippen LogP contribution in [0.2, 0.25) is 0 Å². The number of nitrogens with zero attached hydrogens (tertiary/aromatic N) is 1. The number of amides is 1. The molecule has 1 heterocycles. The number of carbonyl (C=O) groups excluding carboxylic acids is 1. The fraction of sp³-hybridized carbons (Fsp3) is 0.550. The van der Waals surface area contributed by atoms with E-state index in [0.29, 0.717) is 12.2 Å². The van der Waals surface area contributed by atoms with Crippen molar-refractivity contribution in [3.05, 3.63) is 29.8 Å². The van der Waals surface area contributed by atoms with Crippen molar-refractivity contribution in [3.63, 3.8) is 0 Å². The molecular formula is C20H28N2O6. The van der Waals surface area contributed by atoms with Gasteiger partial charge in [-0.05, 0) is 51.4 Å². The summed E-state index contributed by atoms with van der Waals surface area (Å²) in [6.45, 7) is 4.58. The molecule has 1 saturated heterocycles. The van der Waals surface area contributed by atoms with Gasteiger partial charge in [-0.15, -0.1) is 0 Å². The molecular weight excluding hydrogens is 364 g/mol. The molecule has 1 fully saturated rings. The van der Waals surface area contributed by atoms with Crippen molar-refractivity contribution in [3.8, 4) is 5.75 Å². The van der Waals surface area contributed by atoms with E-state index < -0.39 is 40.9 Å². The van der Waals surface area contributed by atoms with Gasteiger partial charge in [0.2, 0.25) is 5.91 Å². The first-order valence-electron chi connectivity index (χ1n) is 9.16. The number of aliphatic carboxylic acids is 2. The van der Waals surface area contributed by atoms with Gasteiger partial charge in [-0.2, -0.15) is 0 Å². The second-order valence-electron chi connectivity index (χ2n) is 7.75. The maximum absolute atomic E-state index is 13.0. The smallest absolute Gasteiger partial charge is 0.328 e. The van der Waals surface area contributed by atoms with Crippen molar-refractivity contribution in [2.24, 2.45) is 5.92 Å². The lowest BCUT2D eigenvalue weighted by molar-refractivity contribution is -0.150. The first kappa shape index (κ1) is 21.7. The lowest BCUT2D eigenvalue weighted by Crippen LogP contribution is -2.52. The number of carbonyl (C=O) groups is 3. The highest BCUT2D eigenvalue weighted by Gasteiger charge is 2.56. The number of likely N-dealkylation sites (N-methyl/N-ethyl adjacent to an activating group) is 1. The summed E-state index contributed by atoms with van der Waals surface area (Å²) in [5.41, 5.74) is -1.89. The lowest BCUT2D eigenvalue weighted by Gasteiger charge is -2.34. The predicted octanol–water partition coefficient (Wildman–Crippen LogP) is 1.90. The van der Waals surface area contributed by atoms with Gasteiger partial charge in [0.25, 0.3) is 0 Å². The summed E-state index contributed by atoms with van der Waals surface area (Å²) in [5, 5.41) is 21.8. The molecule has 2 rings (SSSR count). The molecule has 0 bridgehead atoms. The molecule has 154 valence electrons. The molecule has 1 aliphatic heterocycles. The molecule has 0 aromatic heterocycles. The van der Waals surface area contributed by atoms with E-state index in [1.165, 1.54) is 13.8 Å². The Morgan fingerprint density at radius 2 is 1.82 bits per heavy atom. The average Bonchev–Trinajstić information content (AvgIpc) is 2.95. The van der Waals surface area contributed by atoms with Gasteiger partial charge in [-0.25, -0.2) is 4.79 Å². The molecule has 0 saturated carbocycles.